The van der Waals surface area contributed by atoms with Gasteiger partial charge in [0.05, 0.1) is 6.54 Å². The molecule has 0 amide bonds. The quantitative estimate of drug-likeness (QED) is 0.922. The smallest absolute Gasteiger partial charge is 0.147 e. The lowest BCUT2D eigenvalue weighted by molar-refractivity contribution is 0.203. The highest BCUT2D eigenvalue weighted by Gasteiger charge is 2.22. The second-order valence-corrected chi connectivity index (χ2v) is 6.43. The van der Waals surface area contributed by atoms with Gasteiger partial charge in [-0.25, -0.2) is 9.97 Å². The second-order valence-electron chi connectivity index (χ2n) is 6.43. The first-order chi connectivity index (χ1) is 11.4. The van der Waals surface area contributed by atoms with Gasteiger partial charge in [-0.2, -0.15) is 0 Å². The van der Waals surface area contributed by atoms with E-state index in [-0.39, 0.29) is 0 Å². The van der Waals surface area contributed by atoms with Crippen LogP contribution in [0.2, 0.25) is 0 Å². The zero-order valence-electron chi connectivity index (χ0n) is 13.4. The Morgan fingerprint density at radius 2 is 2.04 bits per heavy atom. The second kappa shape index (κ2) is 6.62. The lowest BCUT2D eigenvalue weighted by Crippen LogP contribution is -2.39. The highest BCUT2D eigenvalue weighted by Crippen LogP contribution is 2.19. The zero-order chi connectivity index (χ0) is 15.5. The summed E-state index contributed by atoms with van der Waals surface area (Å²) in [5.41, 5.74) is 0. The summed E-state index contributed by atoms with van der Waals surface area (Å²) in [6.45, 7) is 4.19. The van der Waals surface area contributed by atoms with Gasteiger partial charge >= 0.3 is 0 Å². The molecular formula is C16H23N7. The van der Waals surface area contributed by atoms with Crippen LogP contribution in [0, 0.1) is 0 Å². The number of hydrogen-bond donors (Lipinski definition) is 1. The zero-order valence-corrected chi connectivity index (χ0v) is 13.4. The number of fused-ring (bicyclic) bond motifs is 1. The van der Waals surface area contributed by atoms with Crippen LogP contribution >= 0.6 is 0 Å². The maximum absolute atomic E-state index is 4.42. The molecule has 0 bridgehead atoms. The van der Waals surface area contributed by atoms with Gasteiger partial charge in [-0.1, -0.05) is 0 Å². The van der Waals surface area contributed by atoms with Gasteiger partial charge in [0.15, 0.2) is 0 Å². The van der Waals surface area contributed by atoms with Crippen molar-refractivity contribution in [2.45, 2.75) is 51.2 Å². The van der Waals surface area contributed by atoms with Gasteiger partial charge in [0.2, 0.25) is 0 Å². The van der Waals surface area contributed by atoms with E-state index in [1.165, 1.54) is 18.7 Å². The number of anilines is 1. The largest absolute Gasteiger partial charge is 0.367 e. The summed E-state index contributed by atoms with van der Waals surface area (Å²) in [5.74, 6) is 3.23. The van der Waals surface area contributed by atoms with Crippen molar-refractivity contribution in [3.05, 3.63) is 30.2 Å². The lowest BCUT2D eigenvalue weighted by atomic mass is 10.1. The first-order valence-electron chi connectivity index (χ1n) is 8.54. The monoisotopic (exact) mass is 313 g/mol. The van der Waals surface area contributed by atoms with Crippen LogP contribution in [0.1, 0.15) is 37.3 Å². The van der Waals surface area contributed by atoms with Crippen molar-refractivity contribution < 1.29 is 0 Å². The Morgan fingerprint density at radius 1 is 1.13 bits per heavy atom. The molecule has 0 spiro atoms. The third-order valence-electron chi connectivity index (χ3n) is 4.82. The Morgan fingerprint density at radius 3 is 2.87 bits per heavy atom. The molecule has 1 N–H and O–H groups in total. The fourth-order valence-electron chi connectivity index (χ4n) is 3.51. The van der Waals surface area contributed by atoms with Gasteiger partial charge in [0, 0.05) is 38.3 Å². The van der Waals surface area contributed by atoms with Crippen LogP contribution in [0.15, 0.2) is 18.6 Å². The Bertz CT molecular complexity index is 631. The van der Waals surface area contributed by atoms with E-state index in [4.69, 9.17) is 0 Å². The summed E-state index contributed by atoms with van der Waals surface area (Å²) in [5, 5.41) is 12.3. The van der Waals surface area contributed by atoms with Crippen LogP contribution in [0.4, 0.5) is 5.82 Å². The third kappa shape index (κ3) is 3.34. The molecule has 0 unspecified atom stereocenters. The molecule has 0 radical (unpaired) electrons. The number of hydrogen-bond acceptors (Lipinski definition) is 6. The van der Waals surface area contributed by atoms with Crippen molar-refractivity contribution in [2.24, 2.45) is 0 Å². The molecule has 1 fully saturated rings. The van der Waals surface area contributed by atoms with E-state index >= 15 is 0 Å². The molecule has 23 heavy (non-hydrogen) atoms. The Kier molecular flexibility index (Phi) is 4.19. The molecule has 0 saturated carbocycles. The molecule has 1 saturated heterocycles. The van der Waals surface area contributed by atoms with E-state index < -0.39 is 0 Å². The summed E-state index contributed by atoms with van der Waals surface area (Å²) in [6.07, 6.45) is 9.21. The topological polar surface area (TPSA) is 71.8 Å². The number of aryl methyl sites for hydroxylation is 1. The third-order valence-corrected chi connectivity index (χ3v) is 4.82. The number of aromatic nitrogens is 5. The standard InChI is InChI=1S/C16H23N7/c1-2-8-23-15(3-1)20-21-16(23)11-22-9-5-13(6-10-22)19-14-4-7-17-12-18-14/h4,7,12-13H,1-3,5-6,8-11H2,(H,17,18,19). The molecule has 2 aromatic heterocycles. The minimum absolute atomic E-state index is 0.494. The van der Waals surface area contributed by atoms with E-state index in [2.05, 4.69) is 34.9 Å². The summed E-state index contributed by atoms with van der Waals surface area (Å²) < 4.78 is 2.33. The van der Waals surface area contributed by atoms with E-state index in [1.807, 2.05) is 6.07 Å². The predicted octanol–water partition coefficient (Wildman–Crippen LogP) is 1.48. The molecule has 2 aliphatic rings. The van der Waals surface area contributed by atoms with E-state index in [0.29, 0.717) is 6.04 Å². The van der Waals surface area contributed by atoms with Crippen molar-refractivity contribution in [3.8, 4) is 0 Å². The SMILES string of the molecule is c1cc(NC2CCN(Cc3nnc4n3CCCC4)CC2)ncn1. The maximum Gasteiger partial charge on any atom is 0.147 e. The molecule has 2 aromatic rings. The number of likely N-dealkylation sites (tertiary alicyclic amines) is 1. The number of nitrogens with one attached hydrogen (secondary N) is 1. The van der Waals surface area contributed by atoms with Crippen molar-refractivity contribution >= 4 is 5.82 Å². The van der Waals surface area contributed by atoms with Gasteiger partial charge in [-0.15, -0.1) is 10.2 Å². The Balaban J connectivity index is 1.31. The fourth-order valence-corrected chi connectivity index (χ4v) is 3.51. The van der Waals surface area contributed by atoms with Crippen LogP contribution < -0.4 is 5.32 Å². The van der Waals surface area contributed by atoms with Gasteiger partial charge in [0.1, 0.15) is 23.8 Å². The van der Waals surface area contributed by atoms with Crippen molar-refractivity contribution in [3.63, 3.8) is 0 Å². The van der Waals surface area contributed by atoms with Crippen LogP contribution in [0.25, 0.3) is 0 Å². The molecule has 2 aliphatic heterocycles. The van der Waals surface area contributed by atoms with Crippen LogP contribution in [0.5, 0.6) is 0 Å². The highest BCUT2D eigenvalue weighted by atomic mass is 15.3. The van der Waals surface area contributed by atoms with Crippen LogP contribution in [0.3, 0.4) is 0 Å². The van der Waals surface area contributed by atoms with Gasteiger partial charge in [0.25, 0.3) is 0 Å². The summed E-state index contributed by atoms with van der Waals surface area (Å²) in [6, 6.07) is 2.42. The predicted molar refractivity (Wildman–Crippen MR) is 86.9 cm³/mol. The fraction of sp³-hybridized carbons (Fsp3) is 0.625. The molecule has 0 aromatic carbocycles. The molecule has 7 nitrogen and oxygen atoms in total. The molecule has 4 rings (SSSR count). The first-order valence-corrected chi connectivity index (χ1v) is 8.54. The highest BCUT2D eigenvalue weighted by molar-refractivity contribution is 5.33. The summed E-state index contributed by atoms with van der Waals surface area (Å²) >= 11 is 0. The molecule has 0 atom stereocenters. The Labute approximate surface area is 136 Å². The van der Waals surface area contributed by atoms with E-state index in [1.54, 1.807) is 12.5 Å². The molecular weight excluding hydrogens is 290 g/mol. The minimum Gasteiger partial charge on any atom is -0.367 e. The van der Waals surface area contributed by atoms with Crippen molar-refractivity contribution in [1.29, 1.82) is 0 Å². The normalized spacial score (nSPS) is 19.5. The van der Waals surface area contributed by atoms with Crippen molar-refractivity contribution in [2.75, 3.05) is 18.4 Å². The minimum atomic E-state index is 0.494. The average molecular weight is 313 g/mol. The first kappa shape index (κ1) is 14.6. The number of rotatable bonds is 4. The van der Waals surface area contributed by atoms with E-state index in [0.717, 1.165) is 57.1 Å². The Hall–Kier alpha value is -2.02. The van der Waals surface area contributed by atoms with Crippen molar-refractivity contribution in [1.82, 2.24) is 29.6 Å². The van der Waals surface area contributed by atoms with E-state index in [9.17, 15) is 0 Å². The summed E-state index contributed by atoms with van der Waals surface area (Å²) in [4.78, 5) is 10.7. The maximum atomic E-state index is 4.42. The van der Waals surface area contributed by atoms with Gasteiger partial charge in [-0.3, -0.25) is 4.90 Å². The van der Waals surface area contributed by atoms with Gasteiger partial charge in [-0.05, 0) is 31.7 Å². The molecule has 4 heterocycles. The van der Waals surface area contributed by atoms with Crippen LogP contribution in [-0.4, -0.2) is 48.8 Å². The molecule has 7 heteroatoms. The van der Waals surface area contributed by atoms with Gasteiger partial charge < -0.3 is 9.88 Å². The number of piperidine rings is 1. The van der Waals surface area contributed by atoms with Crippen LogP contribution in [-0.2, 0) is 19.5 Å². The lowest BCUT2D eigenvalue weighted by Gasteiger charge is -2.32. The molecule has 0 aliphatic carbocycles. The molecule has 122 valence electrons. The summed E-state index contributed by atoms with van der Waals surface area (Å²) in [7, 11) is 0. The average Bonchev–Trinajstić information content (AvgIpc) is 3.01. The number of nitrogens with zero attached hydrogens (tertiary/aromatic N) is 6.